The monoisotopic (exact) mass is 335 g/mol. The fraction of sp³-hybridized carbons (Fsp3) is 0.438. The van der Waals surface area contributed by atoms with E-state index in [0.29, 0.717) is 12.5 Å². The molecule has 0 aliphatic rings. The van der Waals surface area contributed by atoms with Crippen LogP contribution in [-0.2, 0) is 13.0 Å². The zero-order valence-electron chi connectivity index (χ0n) is 12.4. The smallest absolute Gasteiger partial charge is 0.0738 e. The number of aryl methyl sites for hydroxylation is 3. The van der Waals surface area contributed by atoms with Crippen molar-refractivity contribution in [1.82, 2.24) is 9.78 Å². The van der Waals surface area contributed by atoms with Gasteiger partial charge in [-0.25, -0.2) is 0 Å². The summed E-state index contributed by atoms with van der Waals surface area (Å²) in [6, 6.07) is 8.61. The summed E-state index contributed by atoms with van der Waals surface area (Å²) in [5.41, 5.74) is 10.9. The second-order valence-corrected chi connectivity index (χ2v) is 6.01. The Morgan fingerprint density at radius 3 is 2.70 bits per heavy atom. The quantitative estimate of drug-likeness (QED) is 0.907. The number of nitrogens with zero attached hydrogens (tertiary/aromatic N) is 2. The van der Waals surface area contributed by atoms with Crippen LogP contribution in [0.1, 0.15) is 35.4 Å². The Hall–Kier alpha value is -1.13. The van der Waals surface area contributed by atoms with Crippen LogP contribution in [0.3, 0.4) is 0 Å². The lowest BCUT2D eigenvalue weighted by atomic mass is 9.93. The van der Waals surface area contributed by atoms with Crippen LogP contribution in [0.5, 0.6) is 0 Å². The SMILES string of the molecule is CCn1nc(C)c(Br)c1CC(CN)c1cccc(C)c1. The molecule has 4 heteroatoms. The third-order valence-corrected chi connectivity index (χ3v) is 4.72. The van der Waals surface area contributed by atoms with Crippen LogP contribution in [0.15, 0.2) is 28.7 Å². The molecule has 0 aliphatic carbocycles. The molecule has 0 saturated heterocycles. The van der Waals surface area contributed by atoms with E-state index in [2.05, 4.69) is 63.8 Å². The van der Waals surface area contributed by atoms with Gasteiger partial charge >= 0.3 is 0 Å². The first-order valence-corrected chi connectivity index (χ1v) is 7.84. The van der Waals surface area contributed by atoms with Gasteiger partial charge in [0.1, 0.15) is 0 Å². The van der Waals surface area contributed by atoms with Gasteiger partial charge in [-0.2, -0.15) is 5.10 Å². The lowest BCUT2D eigenvalue weighted by Gasteiger charge is -2.17. The summed E-state index contributed by atoms with van der Waals surface area (Å²) in [4.78, 5) is 0. The molecule has 1 heterocycles. The highest BCUT2D eigenvalue weighted by molar-refractivity contribution is 9.10. The summed E-state index contributed by atoms with van der Waals surface area (Å²) in [5.74, 6) is 0.326. The van der Waals surface area contributed by atoms with E-state index in [9.17, 15) is 0 Å². The first-order chi connectivity index (χ1) is 9.56. The van der Waals surface area contributed by atoms with Gasteiger partial charge < -0.3 is 5.73 Å². The summed E-state index contributed by atoms with van der Waals surface area (Å²) in [6.45, 7) is 7.79. The maximum absolute atomic E-state index is 6.01. The molecule has 0 aliphatic heterocycles. The predicted molar refractivity (Wildman–Crippen MR) is 87.0 cm³/mol. The number of aromatic nitrogens is 2. The molecule has 2 aromatic rings. The van der Waals surface area contributed by atoms with E-state index in [4.69, 9.17) is 5.73 Å². The standard InChI is InChI=1S/C16H22BrN3/c1-4-20-15(16(17)12(3)19-20)9-14(10-18)13-7-5-6-11(2)8-13/h5-8,14H,4,9-10,18H2,1-3H3. The average Bonchev–Trinajstić information content (AvgIpc) is 2.71. The highest BCUT2D eigenvalue weighted by atomic mass is 79.9. The molecule has 0 bridgehead atoms. The van der Waals surface area contributed by atoms with Gasteiger partial charge in [0.25, 0.3) is 0 Å². The number of hydrogen-bond acceptors (Lipinski definition) is 2. The average molecular weight is 336 g/mol. The van der Waals surface area contributed by atoms with E-state index in [0.717, 1.165) is 23.1 Å². The molecule has 0 amide bonds. The molecule has 0 spiro atoms. The van der Waals surface area contributed by atoms with Gasteiger partial charge in [0.05, 0.1) is 15.9 Å². The molecule has 1 aromatic heterocycles. The van der Waals surface area contributed by atoms with Crippen LogP contribution in [0.2, 0.25) is 0 Å². The molecule has 1 aromatic carbocycles. The second kappa shape index (κ2) is 6.55. The molecule has 1 atom stereocenters. The van der Waals surface area contributed by atoms with Gasteiger partial charge in [0.2, 0.25) is 0 Å². The number of nitrogens with two attached hydrogens (primary N) is 1. The van der Waals surface area contributed by atoms with E-state index in [1.54, 1.807) is 0 Å². The van der Waals surface area contributed by atoms with Gasteiger partial charge in [-0.15, -0.1) is 0 Å². The fourth-order valence-corrected chi connectivity index (χ4v) is 3.00. The Labute approximate surface area is 129 Å². The summed E-state index contributed by atoms with van der Waals surface area (Å²) in [5, 5.41) is 4.56. The van der Waals surface area contributed by atoms with Crippen LogP contribution in [0, 0.1) is 13.8 Å². The molecule has 0 radical (unpaired) electrons. The topological polar surface area (TPSA) is 43.8 Å². The second-order valence-electron chi connectivity index (χ2n) is 5.21. The van der Waals surface area contributed by atoms with Crippen LogP contribution < -0.4 is 5.73 Å². The zero-order valence-corrected chi connectivity index (χ0v) is 13.9. The van der Waals surface area contributed by atoms with Crippen molar-refractivity contribution >= 4 is 15.9 Å². The normalized spacial score (nSPS) is 12.7. The van der Waals surface area contributed by atoms with Gasteiger partial charge in [-0.05, 0) is 55.2 Å². The summed E-state index contributed by atoms with van der Waals surface area (Å²) >= 11 is 3.66. The Morgan fingerprint density at radius 2 is 2.10 bits per heavy atom. The van der Waals surface area contributed by atoms with E-state index in [1.807, 2.05) is 6.92 Å². The van der Waals surface area contributed by atoms with Gasteiger partial charge in [0.15, 0.2) is 0 Å². The molecule has 1 unspecified atom stereocenters. The summed E-state index contributed by atoms with van der Waals surface area (Å²) < 4.78 is 3.18. The van der Waals surface area contributed by atoms with Crippen molar-refractivity contribution in [3.63, 3.8) is 0 Å². The van der Waals surface area contributed by atoms with Crippen LogP contribution in [0.4, 0.5) is 0 Å². The first-order valence-electron chi connectivity index (χ1n) is 7.05. The Balaban J connectivity index is 2.31. The highest BCUT2D eigenvalue weighted by Crippen LogP contribution is 2.27. The number of hydrogen-bond donors (Lipinski definition) is 1. The maximum Gasteiger partial charge on any atom is 0.0738 e. The minimum absolute atomic E-state index is 0.326. The Kier molecular flexibility index (Phi) is 5.00. The molecule has 0 saturated carbocycles. The number of halogens is 1. The van der Waals surface area contributed by atoms with E-state index in [-0.39, 0.29) is 0 Å². The zero-order chi connectivity index (χ0) is 14.7. The van der Waals surface area contributed by atoms with Crippen molar-refractivity contribution in [2.75, 3.05) is 6.54 Å². The van der Waals surface area contributed by atoms with Gasteiger partial charge in [-0.1, -0.05) is 29.8 Å². The molecule has 20 heavy (non-hydrogen) atoms. The maximum atomic E-state index is 6.01. The van der Waals surface area contributed by atoms with E-state index in [1.165, 1.54) is 16.8 Å². The van der Waals surface area contributed by atoms with Gasteiger partial charge in [0, 0.05) is 12.5 Å². The van der Waals surface area contributed by atoms with Gasteiger partial charge in [-0.3, -0.25) is 4.68 Å². The highest BCUT2D eigenvalue weighted by Gasteiger charge is 2.18. The molecule has 0 fully saturated rings. The van der Waals surface area contributed by atoms with E-state index < -0.39 is 0 Å². The molecule has 2 N–H and O–H groups in total. The van der Waals surface area contributed by atoms with Crippen molar-refractivity contribution in [2.24, 2.45) is 5.73 Å². The molecular weight excluding hydrogens is 314 g/mol. The van der Waals surface area contributed by atoms with E-state index >= 15 is 0 Å². The number of rotatable bonds is 5. The van der Waals surface area contributed by atoms with Crippen molar-refractivity contribution < 1.29 is 0 Å². The fourth-order valence-electron chi connectivity index (χ4n) is 2.56. The van der Waals surface area contributed by atoms with Crippen LogP contribution in [0.25, 0.3) is 0 Å². The minimum atomic E-state index is 0.326. The Morgan fingerprint density at radius 1 is 1.35 bits per heavy atom. The molecule has 108 valence electrons. The first kappa shape index (κ1) is 15.3. The molecule has 2 rings (SSSR count). The lowest BCUT2D eigenvalue weighted by molar-refractivity contribution is 0.581. The van der Waals surface area contributed by atoms with Crippen LogP contribution >= 0.6 is 15.9 Å². The van der Waals surface area contributed by atoms with Crippen molar-refractivity contribution in [3.8, 4) is 0 Å². The Bertz CT molecular complexity index is 589. The third-order valence-electron chi connectivity index (χ3n) is 3.69. The largest absolute Gasteiger partial charge is 0.330 e. The third kappa shape index (κ3) is 3.13. The molecular formula is C16H22BrN3. The lowest BCUT2D eigenvalue weighted by Crippen LogP contribution is -2.17. The summed E-state index contributed by atoms with van der Waals surface area (Å²) in [6.07, 6.45) is 0.912. The van der Waals surface area contributed by atoms with Crippen molar-refractivity contribution in [1.29, 1.82) is 0 Å². The molecule has 3 nitrogen and oxygen atoms in total. The van der Waals surface area contributed by atoms with Crippen molar-refractivity contribution in [2.45, 2.75) is 39.7 Å². The van der Waals surface area contributed by atoms with Crippen molar-refractivity contribution in [3.05, 3.63) is 51.3 Å². The number of benzene rings is 1. The minimum Gasteiger partial charge on any atom is -0.330 e. The van der Waals surface area contributed by atoms with Crippen LogP contribution in [-0.4, -0.2) is 16.3 Å². The predicted octanol–water partition coefficient (Wildman–Crippen LogP) is 3.57. The summed E-state index contributed by atoms with van der Waals surface area (Å²) in [7, 11) is 0.